The largest absolute Gasteiger partial charge is 0.461 e. The second-order valence-corrected chi connectivity index (χ2v) is 6.65. The summed E-state index contributed by atoms with van der Waals surface area (Å²) in [6, 6.07) is 4.54. The van der Waals surface area contributed by atoms with Crippen LogP contribution < -0.4 is 10.6 Å². The molecule has 0 bridgehead atoms. The number of nitro groups is 1. The maximum Gasteiger partial charge on any atom is 0.338 e. The first-order chi connectivity index (χ1) is 11.9. The molecule has 2 rings (SSSR count). The Morgan fingerprint density at radius 2 is 2.20 bits per heavy atom. The summed E-state index contributed by atoms with van der Waals surface area (Å²) >= 11 is 1.65. The minimum Gasteiger partial charge on any atom is -0.461 e. The fourth-order valence-corrected chi connectivity index (χ4v) is 2.94. The number of nitrogens with zero attached hydrogens (tertiary/aromatic N) is 1. The molecule has 2 N–H and O–H groups in total. The van der Waals surface area contributed by atoms with Crippen LogP contribution in [0.1, 0.15) is 25.5 Å². The van der Waals surface area contributed by atoms with Gasteiger partial charge in [-0.15, -0.1) is 0 Å². The second kappa shape index (κ2) is 8.52. The van der Waals surface area contributed by atoms with E-state index in [1.807, 2.05) is 6.92 Å². The Labute approximate surface area is 149 Å². The standard InChI is InChI=1S/C16H19N3O5S/c1-3-25-8-7-24-15(20)13-10(2)17-16(21)18-14(13)11-5-4-6-12(9-11)19(22)23/h4-6,9,14H,3,7-8H2,1-2H3,(H2,17,18,21). The third-order valence-corrected chi connectivity index (χ3v) is 4.43. The van der Waals surface area contributed by atoms with Gasteiger partial charge in [0.1, 0.15) is 6.61 Å². The highest BCUT2D eigenvalue weighted by Gasteiger charge is 2.32. The molecule has 0 saturated heterocycles. The van der Waals surface area contributed by atoms with Crippen LogP contribution in [0.15, 0.2) is 35.5 Å². The van der Waals surface area contributed by atoms with E-state index in [1.165, 1.54) is 18.2 Å². The van der Waals surface area contributed by atoms with Gasteiger partial charge in [-0.2, -0.15) is 11.8 Å². The van der Waals surface area contributed by atoms with Crippen LogP contribution >= 0.6 is 11.8 Å². The van der Waals surface area contributed by atoms with Crippen LogP contribution in [0.2, 0.25) is 0 Å². The zero-order valence-electron chi connectivity index (χ0n) is 13.9. The molecule has 1 aromatic rings. The van der Waals surface area contributed by atoms with Gasteiger partial charge in [-0.3, -0.25) is 10.1 Å². The average molecular weight is 365 g/mol. The number of nitrogens with one attached hydrogen (secondary N) is 2. The van der Waals surface area contributed by atoms with Crippen molar-refractivity contribution in [1.29, 1.82) is 0 Å². The van der Waals surface area contributed by atoms with Crippen molar-refractivity contribution >= 4 is 29.4 Å². The molecular weight excluding hydrogens is 346 g/mol. The minimum absolute atomic E-state index is 0.116. The Kier molecular flexibility index (Phi) is 6.40. The predicted octanol–water partition coefficient (Wildman–Crippen LogP) is 2.52. The molecule has 0 spiro atoms. The Hall–Kier alpha value is -2.55. The van der Waals surface area contributed by atoms with E-state index in [0.29, 0.717) is 17.0 Å². The first kappa shape index (κ1) is 18.8. The van der Waals surface area contributed by atoms with Gasteiger partial charge in [-0.25, -0.2) is 9.59 Å². The number of rotatable bonds is 7. The molecule has 0 aromatic heterocycles. The van der Waals surface area contributed by atoms with Gasteiger partial charge >= 0.3 is 12.0 Å². The maximum absolute atomic E-state index is 12.5. The lowest BCUT2D eigenvalue weighted by Crippen LogP contribution is -2.45. The molecule has 1 heterocycles. The first-order valence-corrected chi connectivity index (χ1v) is 8.87. The van der Waals surface area contributed by atoms with Gasteiger partial charge in [0.25, 0.3) is 5.69 Å². The molecule has 0 radical (unpaired) electrons. The lowest BCUT2D eigenvalue weighted by atomic mass is 9.95. The highest BCUT2D eigenvalue weighted by atomic mass is 32.2. The molecule has 1 unspecified atom stereocenters. The van der Waals surface area contributed by atoms with Crippen molar-refractivity contribution in [3.8, 4) is 0 Å². The molecule has 134 valence electrons. The third kappa shape index (κ3) is 4.72. The number of amides is 2. The van der Waals surface area contributed by atoms with Gasteiger partial charge in [0.05, 0.1) is 16.5 Å². The number of hydrogen-bond acceptors (Lipinski definition) is 6. The predicted molar refractivity (Wildman–Crippen MR) is 94.2 cm³/mol. The van der Waals surface area contributed by atoms with Gasteiger partial charge in [0.2, 0.25) is 0 Å². The number of thioether (sulfide) groups is 1. The zero-order chi connectivity index (χ0) is 18.4. The third-order valence-electron chi connectivity index (χ3n) is 3.57. The highest BCUT2D eigenvalue weighted by molar-refractivity contribution is 7.99. The van der Waals surface area contributed by atoms with Crippen LogP contribution in [0.3, 0.4) is 0 Å². The van der Waals surface area contributed by atoms with E-state index in [4.69, 9.17) is 4.74 Å². The Morgan fingerprint density at radius 1 is 1.44 bits per heavy atom. The van der Waals surface area contributed by atoms with Crippen LogP contribution in [0.5, 0.6) is 0 Å². The zero-order valence-corrected chi connectivity index (χ0v) is 14.7. The van der Waals surface area contributed by atoms with Crippen molar-refractivity contribution in [3.05, 3.63) is 51.2 Å². The number of urea groups is 1. The van der Waals surface area contributed by atoms with Gasteiger partial charge in [-0.1, -0.05) is 19.1 Å². The summed E-state index contributed by atoms with van der Waals surface area (Å²) in [5, 5.41) is 16.1. The molecule has 1 aromatic carbocycles. The van der Waals surface area contributed by atoms with Crippen LogP contribution in [0, 0.1) is 10.1 Å². The van der Waals surface area contributed by atoms with Crippen molar-refractivity contribution < 1.29 is 19.2 Å². The van der Waals surface area contributed by atoms with Crippen LogP contribution in [-0.2, 0) is 9.53 Å². The summed E-state index contributed by atoms with van der Waals surface area (Å²) in [5.41, 5.74) is 0.934. The van der Waals surface area contributed by atoms with Crippen LogP contribution in [0.4, 0.5) is 10.5 Å². The Morgan fingerprint density at radius 3 is 2.88 bits per heavy atom. The summed E-state index contributed by atoms with van der Waals surface area (Å²) in [6.45, 7) is 3.86. The molecule has 0 fully saturated rings. The molecule has 2 amide bonds. The number of carbonyl (C=O) groups is 2. The summed E-state index contributed by atoms with van der Waals surface area (Å²) in [5.74, 6) is 1.04. The summed E-state index contributed by atoms with van der Waals surface area (Å²) < 4.78 is 5.28. The maximum atomic E-state index is 12.5. The summed E-state index contributed by atoms with van der Waals surface area (Å²) in [7, 11) is 0. The number of non-ortho nitro benzene ring substituents is 1. The van der Waals surface area contributed by atoms with E-state index in [-0.39, 0.29) is 17.9 Å². The molecule has 0 aliphatic carbocycles. The molecule has 0 saturated carbocycles. The summed E-state index contributed by atoms with van der Waals surface area (Å²) in [6.07, 6.45) is 0. The van der Waals surface area contributed by atoms with Crippen molar-refractivity contribution in [1.82, 2.24) is 10.6 Å². The molecule has 1 aliphatic heterocycles. The van der Waals surface area contributed by atoms with E-state index in [0.717, 1.165) is 5.75 Å². The number of carbonyl (C=O) groups excluding carboxylic acids is 2. The topological polar surface area (TPSA) is 111 Å². The normalized spacial score (nSPS) is 16.9. The van der Waals surface area contributed by atoms with Gasteiger partial charge in [0, 0.05) is 23.6 Å². The number of esters is 1. The number of hydrogen-bond donors (Lipinski definition) is 2. The van der Waals surface area contributed by atoms with Crippen molar-refractivity contribution in [2.75, 3.05) is 18.1 Å². The lowest BCUT2D eigenvalue weighted by molar-refractivity contribution is -0.384. The van der Waals surface area contributed by atoms with E-state index in [9.17, 15) is 19.7 Å². The molecular formula is C16H19N3O5S. The fraction of sp³-hybridized carbons (Fsp3) is 0.375. The molecule has 9 heteroatoms. The Bertz CT molecular complexity index is 719. The smallest absolute Gasteiger partial charge is 0.338 e. The molecule has 8 nitrogen and oxygen atoms in total. The summed E-state index contributed by atoms with van der Waals surface area (Å²) in [4.78, 5) is 34.7. The lowest BCUT2D eigenvalue weighted by Gasteiger charge is -2.28. The van der Waals surface area contributed by atoms with Crippen molar-refractivity contribution in [2.45, 2.75) is 19.9 Å². The Balaban J connectivity index is 2.29. The number of nitro benzene ring substituents is 1. The SMILES string of the molecule is CCSCCOC(=O)C1=C(C)NC(=O)NC1c1cccc([N+](=O)[O-])c1. The number of ether oxygens (including phenoxy) is 1. The van der Waals surface area contributed by atoms with E-state index in [1.54, 1.807) is 24.8 Å². The van der Waals surface area contributed by atoms with Crippen molar-refractivity contribution in [3.63, 3.8) is 0 Å². The van der Waals surface area contributed by atoms with Gasteiger partial charge in [0.15, 0.2) is 0 Å². The quantitative estimate of drug-likeness (QED) is 0.332. The van der Waals surface area contributed by atoms with E-state index in [2.05, 4.69) is 10.6 Å². The molecule has 1 aliphatic rings. The van der Waals surface area contributed by atoms with Crippen LogP contribution in [0.25, 0.3) is 0 Å². The molecule has 1 atom stereocenters. The number of allylic oxidation sites excluding steroid dienone is 1. The molecule has 25 heavy (non-hydrogen) atoms. The van der Waals surface area contributed by atoms with Gasteiger partial charge in [-0.05, 0) is 18.2 Å². The van der Waals surface area contributed by atoms with E-state index >= 15 is 0 Å². The van der Waals surface area contributed by atoms with E-state index < -0.39 is 23.0 Å². The van der Waals surface area contributed by atoms with Gasteiger partial charge < -0.3 is 15.4 Å². The average Bonchev–Trinajstić information content (AvgIpc) is 2.58. The number of benzene rings is 1. The van der Waals surface area contributed by atoms with Crippen LogP contribution in [-0.4, -0.2) is 35.0 Å². The van der Waals surface area contributed by atoms with Crippen molar-refractivity contribution in [2.24, 2.45) is 0 Å². The fourth-order valence-electron chi connectivity index (χ4n) is 2.45. The minimum atomic E-state index is -0.806. The first-order valence-electron chi connectivity index (χ1n) is 7.71. The monoisotopic (exact) mass is 365 g/mol. The second-order valence-electron chi connectivity index (χ2n) is 5.26. The highest BCUT2D eigenvalue weighted by Crippen LogP contribution is 2.29.